The van der Waals surface area contributed by atoms with Crippen molar-refractivity contribution in [1.29, 1.82) is 0 Å². The molecule has 6 atom stereocenters. The molecule has 41 heavy (non-hydrogen) atoms. The highest BCUT2D eigenvalue weighted by atomic mass is 16.5. The molecule has 3 saturated carbocycles. The predicted octanol–water partition coefficient (Wildman–Crippen LogP) is 9.27. The molecule has 0 saturated heterocycles. The summed E-state index contributed by atoms with van der Waals surface area (Å²) in [6.07, 6.45) is 20.6. The van der Waals surface area contributed by atoms with Crippen molar-refractivity contribution in [3.05, 3.63) is 47.1 Å². The summed E-state index contributed by atoms with van der Waals surface area (Å²) in [5.41, 5.74) is 3.52. The summed E-state index contributed by atoms with van der Waals surface area (Å²) in [6, 6.07) is 8.31. The lowest BCUT2D eigenvalue weighted by atomic mass is 9.48. The maximum absolute atomic E-state index is 13.8. The monoisotopic (exact) mass is 560 g/mol. The Kier molecular flexibility index (Phi) is 9.46. The fourth-order valence-electron chi connectivity index (χ4n) is 8.87. The molecular weight excluding hydrogens is 508 g/mol. The van der Waals surface area contributed by atoms with E-state index in [-0.39, 0.29) is 22.9 Å². The highest BCUT2D eigenvalue weighted by Gasteiger charge is 2.60. The Morgan fingerprint density at radius 2 is 1.63 bits per heavy atom. The minimum Gasteiger partial charge on any atom is -0.494 e. The topological polar surface area (TPSA) is 52.6 Å². The van der Waals surface area contributed by atoms with Gasteiger partial charge in [-0.2, -0.15) is 0 Å². The maximum Gasteiger partial charge on any atom is 0.302 e. The second-order valence-corrected chi connectivity index (χ2v) is 13.9. The molecule has 0 aromatic heterocycles. The molecule has 0 amide bonds. The number of allylic oxidation sites excluding steroid dienone is 2. The standard InChI is InChI=1S/C37H52O4/c1-5-6-7-8-9-10-11-22-40-30-15-12-27(13-16-30)23-28-24-34-32-17-14-29-25-31(41-26(2)38)18-20-36(29,3)33(32)19-21-37(34,4)35(28)39/h12-16,23,31-34H,5-11,17-22,24-25H2,1-4H3/b28-23-/t31-,32-,33+,34+,36+,37+/m1/s1. The molecule has 4 aliphatic rings. The molecule has 0 heterocycles. The van der Waals surface area contributed by atoms with Crippen LogP contribution in [0.5, 0.6) is 5.75 Å². The van der Waals surface area contributed by atoms with E-state index >= 15 is 0 Å². The zero-order chi connectivity index (χ0) is 29.0. The van der Waals surface area contributed by atoms with Gasteiger partial charge in [0.2, 0.25) is 0 Å². The molecule has 4 heteroatoms. The Bertz CT molecular complexity index is 1150. The third kappa shape index (κ3) is 6.37. The molecule has 224 valence electrons. The molecule has 0 spiro atoms. The van der Waals surface area contributed by atoms with Crippen LogP contribution in [-0.2, 0) is 14.3 Å². The Morgan fingerprint density at radius 1 is 0.927 bits per heavy atom. The first-order valence-electron chi connectivity index (χ1n) is 16.6. The van der Waals surface area contributed by atoms with Crippen molar-refractivity contribution < 1.29 is 19.1 Å². The first kappa shape index (κ1) is 30.1. The van der Waals surface area contributed by atoms with Gasteiger partial charge in [-0.1, -0.05) is 83.1 Å². The Morgan fingerprint density at radius 3 is 2.37 bits per heavy atom. The second-order valence-electron chi connectivity index (χ2n) is 13.9. The Labute approximate surface area is 248 Å². The van der Waals surface area contributed by atoms with E-state index in [9.17, 15) is 9.59 Å². The number of unbranched alkanes of at least 4 members (excludes halogenated alkanes) is 6. The summed E-state index contributed by atoms with van der Waals surface area (Å²) < 4.78 is 11.6. The molecule has 3 fully saturated rings. The van der Waals surface area contributed by atoms with Gasteiger partial charge in [-0.05, 0) is 97.5 Å². The van der Waals surface area contributed by atoms with Crippen molar-refractivity contribution >= 4 is 17.8 Å². The third-order valence-electron chi connectivity index (χ3n) is 11.3. The second kappa shape index (κ2) is 12.9. The van der Waals surface area contributed by atoms with Gasteiger partial charge >= 0.3 is 5.97 Å². The minimum absolute atomic E-state index is 0.0249. The number of Topliss-reactive ketones (excluding diaryl/α,β-unsaturated/α-hetero) is 1. The largest absolute Gasteiger partial charge is 0.494 e. The summed E-state index contributed by atoms with van der Waals surface area (Å²) in [4.78, 5) is 25.4. The lowest BCUT2D eigenvalue weighted by Crippen LogP contribution is -2.50. The number of esters is 1. The minimum atomic E-state index is -0.247. The first-order chi connectivity index (χ1) is 19.7. The van der Waals surface area contributed by atoms with Gasteiger partial charge in [0.05, 0.1) is 6.61 Å². The molecule has 1 aromatic rings. The smallest absolute Gasteiger partial charge is 0.302 e. The number of hydrogen-bond donors (Lipinski definition) is 0. The molecule has 0 N–H and O–H groups in total. The fourth-order valence-corrected chi connectivity index (χ4v) is 8.87. The predicted molar refractivity (Wildman–Crippen MR) is 166 cm³/mol. The van der Waals surface area contributed by atoms with Crippen LogP contribution in [-0.4, -0.2) is 24.5 Å². The van der Waals surface area contributed by atoms with E-state index in [1.165, 1.54) is 51.0 Å². The average Bonchev–Trinajstić information content (AvgIpc) is 3.20. The highest BCUT2D eigenvalue weighted by Crippen LogP contribution is 2.64. The van der Waals surface area contributed by atoms with Gasteiger partial charge in [-0.3, -0.25) is 9.59 Å². The van der Waals surface area contributed by atoms with E-state index in [2.05, 4.69) is 57.2 Å². The average molecular weight is 561 g/mol. The van der Waals surface area contributed by atoms with E-state index in [4.69, 9.17) is 9.47 Å². The van der Waals surface area contributed by atoms with Gasteiger partial charge in [-0.15, -0.1) is 0 Å². The van der Waals surface area contributed by atoms with E-state index in [1.807, 2.05) is 0 Å². The summed E-state index contributed by atoms with van der Waals surface area (Å²) in [7, 11) is 0. The molecule has 0 aliphatic heterocycles. The van der Waals surface area contributed by atoms with Gasteiger partial charge in [0, 0.05) is 18.8 Å². The number of fused-ring (bicyclic) bond motifs is 5. The Hall–Kier alpha value is -2.36. The van der Waals surface area contributed by atoms with Crippen molar-refractivity contribution in [1.82, 2.24) is 0 Å². The molecular formula is C37H52O4. The maximum atomic E-state index is 13.8. The first-order valence-corrected chi connectivity index (χ1v) is 16.6. The van der Waals surface area contributed by atoms with Gasteiger partial charge in [0.25, 0.3) is 0 Å². The normalized spacial score (nSPS) is 33.5. The summed E-state index contributed by atoms with van der Waals surface area (Å²) in [5.74, 6) is 2.68. The highest BCUT2D eigenvalue weighted by molar-refractivity contribution is 6.06. The molecule has 0 bridgehead atoms. The van der Waals surface area contributed by atoms with Crippen molar-refractivity contribution in [2.24, 2.45) is 28.6 Å². The quantitative estimate of drug-likeness (QED) is 0.117. The lowest BCUT2D eigenvalue weighted by molar-refractivity contribution is -0.148. The van der Waals surface area contributed by atoms with Crippen molar-refractivity contribution in [2.45, 2.75) is 124 Å². The number of ether oxygens (including phenoxy) is 2. The lowest BCUT2D eigenvalue weighted by Gasteiger charge is -2.56. The van der Waals surface area contributed by atoms with E-state index in [0.717, 1.165) is 74.9 Å². The van der Waals surface area contributed by atoms with Crippen LogP contribution in [0.4, 0.5) is 0 Å². The summed E-state index contributed by atoms with van der Waals surface area (Å²) >= 11 is 0. The van der Waals surface area contributed by atoms with Gasteiger partial charge in [-0.25, -0.2) is 0 Å². The van der Waals surface area contributed by atoms with Gasteiger partial charge in [0.15, 0.2) is 5.78 Å². The zero-order valence-corrected chi connectivity index (χ0v) is 26.0. The van der Waals surface area contributed by atoms with Crippen LogP contribution in [0.1, 0.15) is 123 Å². The molecule has 4 nitrogen and oxygen atoms in total. The van der Waals surface area contributed by atoms with Crippen molar-refractivity contribution in [3.8, 4) is 5.75 Å². The van der Waals surface area contributed by atoms with Crippen LogP contribution in [0.2, 0.25) is 0 Å². The van der Waals surface area contributed by atoms with Crippen LogP contribution in [0.3, 0.4) is 0 Å². The summed E-state index contributed by atoms with van der Waals surface area (Å²) in [6.45, 7) is 9.25. The number of carbonyl (C=O) groups excluding carboxylic acids is 2. The number of ketones is 1. The zero-order valence-electron chi connectivity index (χ0n) is 26.0. The molecule has 5 rings (SSSR count). The Balaban J connectivity index is 1.20. The SMILES string of the molecule is CCCCCCCCCOc1ccc(/C=C2/C[C@H]3[C@@H]4CC=C5C[C@H](OC(C)=O)CC[C@]5(C)[C@H]4CC[C@]3(C)C2=O)cc1. The van der Waals surface area contributed by atoms with E-state index in [0.29, 0.717) is 23.5 Å². The number of rotatable bonds is 11. The third-order valence-corrected chi connectivity index (χ3v) is 11.3. The van der Waals surface area contributed by atoms with Gasteiger partial charge < -0.3 is 9.47 Å². The van der Waals surface area contributed by atoms with Crippen molar-refractivity contribution in [3.63, 3.8) is 0 Å². The number of carbonyl (C=O) groups is 2. The summed E-state index contributed by atoms with van der Waals surface area (Å²) in [5, 5.41) is 0. The van der Waals surface area contributed by atoms with Crippen LogP contribution >= 0.6 is 0 Å². The number of benzene rings is 1. The van der Waals surface area contributed by atoms with Crippen LogP contribution in [0.25, 0.3) is 6.08 Å². The molecule has 1 aromatic carbocycles. The van der Waals surface area contributed by atoms with Crippen molar-refractivity contribution in [2.75, 3.05) is 6.61 Å². The number of hydrogen-bond acceptors (Lipinski definition) is 4. The molecule has 4 aliphatic carbocycles. The van der Waals surface area contributed by atoms with Crippen LogP contribution in [0, 0.1) is 28.6 Å². The van der Waals surface area contributed by atoms with E-state index < -0.39 is 0 Å². The van der Waals surface area contributed by atoms with Crippen LogP contribution in [0.15, 0.2) is 41.5 Å². The fraction of sp³-hybridized carbons (Fsp3) is 0.676. The molecule has 0 unspecified atom stereocenters. The van der Waals surface area contributed by atoms with Gasteiger partial charge in [0.1, 0.15) is 11.9 Å². The molecule has 0 radical (unpaired) electrons. The van der Waals surface area contributed by atoms with E-state index in [1.54, 1.807) is 0 Å². The van der Waals surface area contributed by atoms with Crippen LogP contribution < -0.4 is 4.74 Å².